The molecule has 0 spiro atoms. The Balaban J connectivity index is 2.05. The number of hydrogen-bond acceptors (Lipinski definition) is 1. The zero-order chi connectivity index (χ0) is 11.5. The summed E-state index contributed by atoms with van der Waals surface area (Å²) in [7, 11) is 0. The van der Waals surface area contributed by atoms with Crippen LogP contribution in [0.2, 0.25) is 0 Å². The lowest BCUT2D eigenvalue weighted by Crippen LogP contribution is -2.08. The average molecular weight is 239 g/mol. The fourth-order valence-electron chi connectivity index (χ4n) is 2.26. The van der Waals surface area contributed by atoms with Crippen molar-refractivity contribution >= 4 is 11.6 Å². The van der Waals surface area contributed by atoms with Crippen LogP contribution in [0.3, 0.4) is 0 Å². The van der Waals surface area contributed by atoms with Crippen LogP contribution in [0.15, 0.2) is 24.3 Å². The Kier molecular flexibility index (Phi) is 3.88. The number of ether oxygens (including phenoxy) is 1. The number of hydrogen-bond donors (Lipinski definition) is 0. The summed E-state index contributed by atoms with van der Waals surface area (Å²) in [6.45, 7) is 5.08. The summed E-state index contributed by atoms with van der Waals surface area (Å²) in [5, 5.41) is 0.0934. The normalized spacial score (nSPS) is 26.9. The zero-order valence-corrected chi connectivity index (χ0v) is 10.7. The maximum Gasteiger partial charge on any atom is 0.0636 e. The predicted molar refractivity (Wildman–Crippen MR) is 67.9 cm³/mol. The largest absolute Gasteiger partial charge is 0.378 e. The molecule has 1 nitrogen and oxygen atoms in total. The monoisotopic (exact) mass is 238 g/mol. The predicted octanol–water partition coefficient (Wildman–Crippen LogP) is 3.95. The Bertz CT molecular complexity index is 333. The van der Waals surface area contributed by atoms with Gasteiger partial charge < -0.3 is 4.74 Å². The van der Waals surface area contributed by atoms with Gasteiger partial charge >= 0.3 is 0 Å². The lowest BCUT2D eigenvalue weighted by Gasteiger charge is -2.16. The minimum absolute atomic E-state index is 0.0934. The van der Waals surface area contributed by atoms with E-state index >= 15 is 0 Å². The van der Waals surface area contributed by atoms with Crippen molar-refractivity contribution in [1.82, 2.24) is 0 Å². The third-order valence-corrected chi connectivity index (χ3v) is 3.96. The highest BCUT2D eigenvalue weighted by atomic mass is 35.5. The van der Waals surface area contributed by atoms with Crippen molar-refractivity contribution in [3.63, 3.8) is 0 Å². The number of alkyl halides is 1. The summed E-state index contributed by atoms with van der Waals surface area (Å²) in [6.07, 6.45) is 2.52. The fraction of sp³-hybridized carbons (Fsp3) is 0.571. The van der Waals surface area contributed by atoms with Gasteiger partial charge in [-0.15, -0.1) is 11.6 Å². The second kappa shape index (κ2) is 5.20. The molecule has 88 valence electrons. The molecule has 0 amide bonds. The van der Waals surface area contributed by atoms with Gasteiger partial charge in [0.1, 0.15) is 0 Å². The molecule has 16 heavy (non-hydrogen) atoms. The smallest absolute Gasteiger partial charge is 0.0636 e. The first-order valence-electron chi connectivity index (χ1n) is 6.05. The van der Waals surface area contributed by atoms with Gasteiger partial charge in [0.05, 0.1) is 18.1 Å². The molecule has 0 N–H and O–H groups in total. The molecule has 3 atom stereocenters. The Hall–Kier alpha value is -0.530. The summed E-state index contributed by atoms with van der Waals surface area (Å²) in [4.78, 5) is 0. The lowest BCUT2D eigenvalue weighted by atomic mass is 9.95. The van der Waals surface area contributed by atoms with E-state index in [2.05, 4.69) is 38.1 Å². The van der Waals surface area contributed by atoms with Crippen molar-refractivity contribution in [2.45, 2.75) is 38.2 Å². The van der Waals surface area contributed by atoms with E-state index in [0.29, 0.717) is 12.0 Å². The highest BCUT2D eigenvalue weighted by Crippen LogP contribution is 2.36. The second-order valence-corrected chi connectivity index (χ2v) is 5.11. The standard InChI is InChI=1S/C14H19ClO/c1-3-11-4-6-12(7-5-11)14(15)13-8-10(2)16-9-13/h4-7,10,13-14H,3,8-9H2,1-2H3. The van der Waals surface area contributed by atoms with Crippen LogP contribution in [0.4, 0.5) is 0 Å². The van der Waals surface area contributed by atoms with Crippen LogP contribution in [0.1, 0.15) is 36.8 Å². The van der Waals surface area contributed by atoms with E-state index < -0.39 is 0 Å². The van der Waals surface area contributed by atoms with Crippen LogP contribution in [0.25, 0.3) is 0 Å². The van der Waals surface area contributed by atoms with Gasteiger partial charge in [-0.25, -0.2) is 0 Å². The van der Waals surface area contributed by atoms with Crippen molar-refractivity contribution < 1.29 is 4.74 Å². The first kappa shape index (κ1) is 11.9. The summed E-state index contributed by atoms with van der Waals surface area (Å²) in [5.41, 5.74) is 2.59. The van der Waals surface area contributed by atoms with E-state index in [1.54, 1.807) is 0 Å². The second-order valence-electron chi connectivity index (χ2n) is 4.64. The van der Waals surface area contributed by atoms with E-state index in [1.165, 1.54) is 11.1 Å². The number of rotatable bonds is 3. The van der Waals surface area contributed by atoms with Crippen molar-refractivity contribution in [3.05, 3.63) is 35.4 Å². The third-order valence-electron chi connectivity index (χ3n) is 3.35. The minimum atomic E-state index is 0.0934. The molecule has 1 heterocycles. The molecule has 0 aromatic heterocycles. The first-order chi connectivity index (χ1) is 7.70. The van der Waals surface area contributed by atoms with E-state index in [4.69, 9.17) is 16.3 Å². The summed E-state index contributed by atoms with van der Waals surface area (Å²) >= 11 is 6.49. The third kappa shape index (κ3) is 2.58. The summed E-state index contributed by atoms with van der Waals surface area (Å²) in [5.74, 6) is 0.462. The van der Waals surface area contributed by atoms with Crippen LogP contribution < -0.4 is 0 Å². The van der Waals surface area contributed by atoms with E-state index in [-0.39, 0.29) is 5.38 Å². The van der Waals surface area contributed by atoms with Crippen molar-refractivity contribution in [1.29, 1.82) is 0 Å². The summed E-state index contributed by atoms with van der Waals surface area (Å²) < 4.78 is 5.57. The Morgan fingerprint density at radius 3 is 2.56 bits per heavy atom. The average Bonchev–Trinajstić information content (AvgIpc) is 2.75. The number of aryl methyl sites for hydroxylation is 1. The van der Waals surface area contributed by atoms with Gasteiger partial charge in [-0.1, -0.05) is 31.2 Å². The van der Waals surface area contributed by atoms with E-state index in [9.17, 15) is 0 Å². The topological polar surface area (TPSA) is 9.23 Å². The minimum Gasteiger partial charge on any atom is -0.378 e. The molecule has 1 aliphatic rings. The van der Waals surface area contributed by atoms with Gasteiger partial charge in [-0.3, -0.25) is 0 Å². The molecule has 3 unspecified atom stereocenters. The van der Waals surface area contributed by atoms with Gasteiger partial charge in [0.2, 0.25) is 0 Å². The van der Waals surface area contributed by atoms with Crippen LogP contribution in [0.5, 0.6) is 0 Å². The first-order valence-corrected chi connectivity index (χ1v) is 6.49. The molecule has 1 fully saturated rings. The van der Waals surface area contributed by atoms with Crippen molar-refractivity contribution in [3.8, 4) is 0 Å². The number of halogens is 1. The van der Waals surface area contributed by atoms with E-state index in [0.717, 1.165) is 19.4 Å². The quantitative estimate of drug-likeness (QED) is 0.725. The highest BCUT2D eigenvalue weighted by molar-refractivity contribution is 6.21. The Morgan fingerprint density at radius 1 is 1.38 bits per heavy atom. The zero-order valence-electron chi connectivity index (χ0n) is 9.95. The van der Waals surface area contributed by atoms with Crippen LogP contribution in [0, 0.1) is 5.92 Å². The fourth-order valence-corrected chi connectivity index (χ4v) is 2.58. The van der Waals surface area contributed by atoms with Gasteiger partial charge in [-0.2, -0.15) is 0 Å². The molecular formula is C14H19ClO. The van der Waals surface area contributed by atoms with Gasteiger partial charge in [0.15, 0.2) is 0 Å². The van der Waals surface area contributed by atoms with Crippen LogP contribution in [-0.2, 0) is 11.2 Å². The van der Waals surface area contributed by atoms with Gasteiger partial charge in [0.25, 0.3) is 0 Å². The molecule has 1 aromatic rings. The van der Waals surface area contributed by atoms with Crippen molar-refractivity contribution in [2.24, 2.45) is 5.92 Å². The molecule has 0 bridgehead atoms. The molecule has 2 rings (SSSR count). The maximum absolute atomic E-state index is 6.49. The molecule has 1 aromatic carbocycles. The molecule has 1 saturated heterocycles. The van der Waals surface area contributed by atoms with Gasteiger partial charge in [-0.05, 0) is 30.9 Å². The van der Waals surface area contributed by atoms with E-state index in [1.807, 2.05) is 0 Å². The van der Waals surface area contributed by atoms with Crippen molar-refractivity contribution in [2.75, 3.05) is 6.61 Å². The molecular weight excluding hydrogens is 220 g/mol. The van der Waals surface area contributed by atoms with Crippen LogP contribution >= 0.6 is 11.6 Å². The lowest BCUT2D eigenvalue weighted by molar-refractivity contribution is 0.120. The SMILES string of the molecule is CCc1ccc(C(Cl)C2COC(C)C2)cc1. The molecule has 2 heteroatoms. The van der Waals surface area contributed by atoms with Crippen LogP contribution in [-0.4, -0.2) is 12.7 Å². The Morgan fingerprint density at radius 2 is 2.06 bits per heavy atom. The number of benzene rings is 1. The Labute approximate surface area is 103 Å². The maximum atomic E-state index is 6.49. The highest BCUT2D eigenvalue weighted by Gasteiger charge is 2.29. The van der Waals surface area contributed by atoms with Gasteiger partial charge in [0, 0.05) is 5.92 Å². The molecule has 1 aliphatic heterocycles. The summed E-state index contributed by atoms with van der Waals surface area (Å²) in [6, 6.07) is 8.65. The molecule has 0 aliphatic carbocycles. The molecule has 0 saturated carbocycles. The molecule has 0 radical (unpaired) electrons.